The first-order valence-corrected chi connectivity index (χ1v) is 12.1. The van der Waals surface area contributed by atoms with Crippen molar-refractivity contribution >= 4 is 22.7 Å². The lowest BCUT2D eigenvalue weighted by molar-refractivity contribution is -0.137. The zero-order valence-electron chi connectivity index (χ0n) is 19.2. The van der Waals surface area contributed by atoms with E-state index in [0.717, 1.165) is 60.3 Å². The molecule has 2 atom stereocenters. The number of benzene rings is 1. The molecule has 0 radical (unpaired) electrons. The predicted octanol–water partition coefficient (Wildman–Crippen LogP) is 2.94. The first-order valence-electron chi connectivity index (χ1n) is 12.1. The molecule has 4 heterocycles. The number of carbonyl (C=O) groups is 2. The molecule has 2 aliphatic heterocycles. The second-order valence-corrected chi connectivity index (χ2v) is 9.38. The van der Waals surface area contributed by atoms with Crippen LogP contribution in [-0.2, 0) is 29.0 Å². The third-order valence-corrected chi connectivity index (χ3v) is 7.01. The molecule has 174 valence electrons. The van der Waals surface area contributed by atoms with Crippen LogP contribution in [0.1, 0.15) is 62.2 Å². The molecule has 0 aliphatic carbocycles. The summed E-state index contributed by atoms with van der Waals surface area (Å²) < 4.78 is 2.29. The Labute approximate surface area is 193 Å². The van der Waals surface area contributed by atoms with E-state index in [4.69, 9.17) is 0 Å². The molecule has 0 saturated carbocycles. The van der Waals surface area contributed by atoms with Gasteiger partial charge in [-0.1, -0.05) is 24.6 Å². The molecule has 2 aliphatic rings. The Bertz CT molecular complexity index is 1150. The van der Waals surface area contributed by atoms with Gasteiger partial charge in [0.25, 0.3) is 0 Å². The molecule has 1 saturated heterocycles. The summed E-state index contributed by atoms with van der Waals surface area (Å²) >= 11 is 0. The van der Waals surface area contributed by atoms with Crippen molar-refractivity contribution in [1.29, 1.82) is 0 Å². The van der Waals surface area contributed by atoms with Crippen molar-refractivity contribution in [2.45, 2.75) is 70.4 Å². The van der Waals surface area contributed by atoms with E-state index in [-0.39, 0.29) is 17.7 Å². The van der Waals surface area contributed by atoms with Crippen LogP contribution in [0.5, 0.6) is 0 Å². The number of hydrogen-bond acceptors (Lipinski definition) is 4. The average Bonchev–Trinajstić information content (AvgIpc) is 3.34. The number of amides is 2. The van der Waals surface area contributed by atoms with Gasteiger partial charge < -0.3 is 19.8 Å². The van der Waals surface area contributed by atoms with Gasteiger partial charge in [-0.2, -0.15) is 0 Å². The largest absolute Gasteiger partial charge is 0.361 e. The topological polar surface area (TPSA) is 95.9 Å². The maximum atomic E-state index is 13.6. The fourth-order valence-electron chi connectivity index (χ4n) is 5.38. The van der Waals surface area contributed by atoms with Gasteiger partial charge in [-0.3, -0.25) is 9.59 Å². The van der Waals surface area contributed by atoms with E-state index in [1.165, 1.54) is 19.8 Å². The fraction of sp³-hybridized carbons (Fsp3) is 0.520. The van der Waals surface area contributed by atoms with E-state index in [0.29, 0.717) is 19.5 Å². The second kappa shape index (κ2) is 9.37. The number of nitrogens with zero attached hydrogens (tertiary/aromatic N) is 4. The number of aromatic nitrogens is 4. The van der Waals surface area contributed by atoms with Gasteiger partial charge in [-0.15, -0.1) is 10.2 Å². The molecule has 2 N–H and O–H groups in total. The van der Waals surface area contributed by atoms with E-state index < -0.39 is 6.04 Å². The summed E-state index contributed by atoms with van der Waals surface area (Å²) in [5, 5.41) is 13.0. The van der Waals surface area contributed by atoms with E-state index >= 15 is 0 Å². The Balaban J connectivity index is 1.34. The Hall–Kier alpha value is -3.16. The number of piperidine rings is 1. The monoisotopic (exact) mass is 448 g/mol. The van der Waals surface area contributed by atoms with Gasteiger partial charge in [-0.05, 0) is 37.3 Å². The van der Waals surface area contributed by atoms with Crippen LogP contribution in [-0.4, -0.2) is 55.6 Å². The van der Waals surface area contributed by atoms with Crippen LogP contribution < -0.4 is 5.32 Å². The number of aryl methyl sites for hydroxylation is 1. The minimum absolute atomic E-state index is 0.0178. The lowest BCUT2D eigenvalue weighted by Crippen LogP contribution is -2.51. The number of likely N-dealkylation sites (tertiary alicyclic amines) is 1. The van der Waals surface area contributed by atoms with Crippen molar-refractivity contribution in [3.63, 3.8) is 0 Å². The molecular formula is C25H32N6O2. The smallest absolute Gasteiger partial charge is 0.245 e. The van der Waals surface area contributed by atoms with Crippen molar-refractivity contribution in [1.82, 2.24) is 30.0 Å². The highest BCUT2D eigenvalue weighted by Crippen LogP contribution is 2.29. The van der Waals surface area contributed by atoms with Gasteiger partial charge in [0.1, 0.15) is 17.7 Å². The highest BCUT2D eigenvalue weighted by atomic mass is 16.2. The lowest BCUT2D eigenvalue weighted by atomic mass is 9.95. The number of rotatable bonds is 5. The first kappa shape index (κ1) is 21.7. The Kier molecular flexibility index (Phi) is 6.15. The first-order chi connectivity index (χ1) is 16.1. The third-order valence-electron chi connectivity index (χ3n) is 7.01. The molecule has 8 heteroatoms. The quantitative estimate of drug-likeness (QED) is 0.627. The predicted molar refractivity (Wildman–Crippen MR) is 126 cm³/mol. The summed E-state index contributed by atoms with van der Waals surface area (Å²) in [5.41, 5.74) is 2.07. The van der Waals surface area contributed by atoms with Crippen LogP contribution in [0.25, 0.3) is 10.9 Å². The standard InChI is InChI=1S/C25H32N6O2/c1-17(32)27-22(14-19-15-26-21-10-5-4-9-20(19)21)25(33)30-12-7-8-18(16-30)24-29-28-23-11-3-2-6-13-31(23)24/h4-5,9-10,15,18,22,26H,2-3,6-8,11-14,16H2,1H3,(H,27,32)/t18-,22-/m0/s1. The highest BCUT2D eigenvalue weighted by molar-refractivity contribution is 5.89. The SMILES string of the molecule is CC(=O)N[C@@H](Cc1c[nH]c2ccccc12)C(=O)N1CCC[C@H](c2nnc3n2CCCCC3)C1. The third kappa shape index (κ3) is 4.51. The fourth-order valence-corrected chi connectivity index (χ4v) is 5.38. The van der Waals surface area contributed by atoms with Gasteiger partial charge in [0, 0.05) is 62.4 Å². The number of fused-ring (bicyclic) bond motifs is 2. The molecule has 0 spiro atoms. The van der Waals surface area contributed by atoms with E-state index in [9.17, 15) is 9.59 Å². The highest BCUT2D eigenvalue weighted by Gasteiger charge is 2.33. The van der Waals surface area contributed by atoms with Crippen LogP contribution in [0.3, 0.4) is 0 Å². The molecule has 0 unspecified atom stereocenters. The Morgan fingerprint density at radius 3 is 2.91 bits per heavy atom. The van der Waals surface area contributed by atoms with Crippen LogP contribution >= 0.6 is 0 Å². The van der Waals surface area contributed by atoms with E-state index in [1.807, 2.05) is 35.4 Å². The second-order valence-electron chi connectivity index (χ2n) is 9.38. The Morgan fingerprint density at radius 1 is 1.15 bits per heavy atom. The lowest BCUT2D eigenvalue weighted by Gasteiger charge is -2.35. The maximum Gasteiger partial charge on any atom is 0.245 e. The molecule has 1 fully saturated rings. The van der Waals surface area contributed by atoms with Crippen molar-refractivity contribution in [2.24, 2.45) is 0 Å². The molecule has 33 heavy (non-hydrogen) atoms. The van der Waals surface area contributed by atoms with Crippen molar-refractivity contribution in [2.75, 3.05) is 13.1 Å². The molecule has 2 aromatic heterocycles. The number of carbonyl (C=O) groups excluding carboxylic acids is 2. The number of aromatic amines is 1. The molecule has 8 nitrogen and oxygen atoms in total. The normalized spacial score (nSPS) is 19.7. The summed E-state index contributed by atoms with van der Waals surface area (Å²) in [6, 6.07) is 7.45. The van der Waals surface area contributed by atoms with Crippen LogP contribution in [0.2, 0.25) is 0 Å². The van der Waals surface area contributed by atoms with Crippen LogP contribution in [0, 0.1) is 0 Å². The summed E-state index contributed by atoms with van der Waals surface area (Å²) in [6.07, 6.45) is 8.87. The number of para-hydroxylation sites is 1. The van der Waals surface area contributed by atoms with Gasteiger partial charge >= 0.3 is 0 Å². The maximum absolute atomic E-state index is 13.6. The van der Waals surface area contributed by atoms with E-state index in [2.05, 4.69) is 25.1 Å². The van der Waals surface area contributed by atoms with Crippen molar-refractivity contribution < 1.29 is 9.59 Å². The molecule has 2 amide bonds. The van der Waals surface area contributed by atoms with Crippen LogP contribution in [0.15, 0.2) is 30.5 Å². The van der Waals surface area contributed by atoms with Crippen molar-refractivity contribution in [3.05, 3.63) is 47.7 Å². The molecule has 1 aromatic carbocycles. The minimum atomic E-state index is -0.587. The minimum Gasteiger partial charge on any atom is -0.361 e. The van der Waals surface area contributed by atoms with Gasteiger partial charge in [0.05, 0.1) is 0 Å². The van der Waals surface area contributed by atoms with Crippen LogP contribution in [0.4, 0.5) is 0 Å². The van der Waals surface area contributed by atoms with E-state index in [1.54, 1.807) is 0 Å². The zero-order valence-corrected chi connectivity index (χ0v) is 19.2. The molecule has 3 aromatic rings. The summed E-state index contributed by atoms with van der Waals surface area (Å²) in [4.78, 5) is 30.8. The summed E-state index contributed by atoms with van der Waals surface area (Å²) in [7, 11) is 0. The van der Waals surface area contributed by atoms with Crippen molar-refractivity contribution in [3.8, 4) is 0 Å². The molecular weight excluding hydrogens is 416 g/mol. The Morgan fingerprint density at radius 2 is 2.03 bits per heavy atom. The van der Waals surface area contributed by atoms with Gasteiger partial charge in [0.2, 0.25) is 11.8 Å². The number of nitrogens with one attached hydrogen (secondary N) is 2. The molecule has 0 bridgehead atoms. The summed E-state index contributed by atoms with van der Waals surface area (Å²) in [5.74, 6) is 2.09. The number of H-pyrrole nitrogens is 1. The summed E-state index contributed by atoms with van der Waals surface area (Å²) in [6.45, 7) is 3.78. The van der Waals surface area contributed by atoms with Gasteiger partial charge in [0.15, 0.2) is 0 Å². The zero-order chi connectivity index (χ0) is 22.8. The number of hydrogen-bond donors (Lipinski definition) is 2. The van der Waals surface area contributed by atoms with Gasteiger partial charge in [-0.25, -0.2) is 0 Å². The average molecular weight is 449 g/mol. The molecule has 5 rings (SSSR count).